The van der Waals surface area contributed by atoms with Crippen molar-refractivity contribution in [3.05, 3.63) is 46.8 Å². The summed E-state index contributed by atoms with van der Waals surface area (Å²) in [6.07, 6.45) is 1.40. The molecule has 0 bridgehead atoms. The predicted octanol–water partition coefficient (Wildman–Crippen LogP) is 2.34. The third kappa shape index (κ3) is 2.47. The van der Waals surface area contributed by atoms with Gasteiger partial charge in [0, 0.05) is 5.56 Å². The van der Waals surface area contributed by atoms with Crippen LogP contribution in [0.15, 0.2) is 24.4 Å². The quantitative estimate of drug-likeness (QED) is 0.799. The van der Waals surface area contributed by atoms with Crippen LogP contribution < -0.4 is 9.47 Å². The summed E-state index contributed by atoms with van der Waals surface area (Å²) in [6, 6.07) is 5.58. The molecule has 0 N–H and O–H groups in total. The Morgan fingerprint density at radius 2 is 1.90 bits per heavy atom. The Morgan fingerprint density at radius 1 is 1.15 bits per heavy atom. The maximum absolute atomic E-state index is 12.6. The maximum atomic E-state index is 12.6. The minimum atomic E-state index is -0.210. The zero-order valence-electron chi connectivity index (χ0n) is 11.9. The summed E-state index contributed by atoms with van der Waals surface area (Å²) in [5.74, 6) is 0.257. The van der Waals surface area contributed by atoms with Crippen molar-refractivity contribution < 1.29 is 14.3 Å². The molecule has 0 spiro atoms. The lowest BCUT2D eigenvalue weighted by Crippen LogP contribution is -2.10. The van der Waals surface area contributed by atoms with Crippen molar-refractivity contribution >= 4 is 5.78 Å². The van der Waals surface area contributed by atoms with E-state index in [1.807, 2.05) is 26.0 Å². The third-order valence-electron chi connectivity index (χ3n) is 3.19. The Balaban J connectivity index is 2.50. The fourth-order valence-corrected chi connectivity index (χ4v) is 1.88. The number of benzene rings is 1. The summed E-state index contributed by atoms with van der Waals surface area (Å²) in [5, 5.41) is 0. The van der Waals surface area contributed by atoms with E-state index in [-0.39, 0.29) is 17.4 Å². The van der Waals surface area contributed by atoms with Gasteiger partial charge in [-0.2, -0.15) is 4.98 Å². The van der Waals surface area contributed by atoms with E-state index < -0.39 is 0 Å². The summed E-state index contributed by atoms with van der Waals surface area (Å²) in [7, 11) is 2.93. The van der Waals surface area contributed by atoms with Crippen LogP contribution in [-0.2, 0) is 0 Å². The van der Waals surface area contributed by atoms with E-state index in [0.29, 0.717) is 11.4 Å². The average molecular weight is 272 g/mol. The number of aromatic nitrogens is 2. The number of nitrogens with zero attached hydrogens (tertiary/aromatic N) is 2. The molecule has 0 aliphatic heterocycles. The standard InChI is InChI=1S/C15H16N2O3/c1-9-6-5-7-11(10(9)2)14(18)13-15(20-4)17-12(19-3)8-16-13/h5-8H,1-4H3. The minimum absolute atomic E-state index is 0.162. The van der Waals surface area contributed by atoms with Gasteiger partial charge in [0.05, 0.1) is 20.4 Å². The zero-order chi connectivity index (χ0) is 14.7. The van der Waals surface area contributed by atoms with Gasteiger partial charge < -0.3 is 9.47 Å². The Morgan fingerprint density at radius 3 is 2.55 bits per heavy atom. The van der Waals surface area contributed by atoms with Crippen LogP contribution in [0.5, 0.6) is 11.8 Å². The molecule has 0 aliphatic carbocycles. The molecule has 0 atom stereocenters. The lowest BCUT2D eigenvalue weighted by molar-refractivity contribution is 0.102. The van der Waals surface area contributed by atoms with Gasteiger partial charge in [0.15, 0.2) is 5.69 Å². The molecule has 0 unspecified atom stereocenters. The van der Waals surface area contributed by atoms with Gasteiger partial charge in [0.2, 0.25) is 17.5 Å². The normalized spacial score (nSPS) is 10.2. The van der Waals surface area contributed by atoms with Gasteiger partial charge in [-0.25, -0.2) is 4.98 Å². The van der Waals surface area contributed by atoms with Crippen molar-refractivity contribution in [1.82, 2.24) is 9.97 Å². The molecule has 20 heavy (non-hydrogen) atoms. The fraction of sp³-hybridized carbons (Fsp3) is 0.267. The highest BCUT2D eigenvalue weighted by Crippen LogP contribution is 2.22. The SMILES string of the molecule is COc1cnc(C(=O)c2cccc(C)c2C)c(OC)n1. The van der Waals surface area contributed by atoms with Gasteiger partial charge in [-0.3, -0.25) is 4.79 Å². The Kier molecular flexibility index (Phi) is 3.98. The van der Waals surface area contributed by atoms with Crippen LogP contribution in [0.1, 0.15) is 27.2 Å². The molecule has 0 saturated heterocycles. The molecule has 0 fully saturated rings. The number of aryl methyl sites for hydroxylation is 1. The monoisotopic (exact) mass is 272 g/mol. The summed E-state index contributed by atoms with van der Waals surface area (Å²) < 4.78 is 10.1. The van der Waals surface area contributed by atoms with Crippen molar-refractivity contribution in [2.24, 2.45) is 0 Å². The van der Waals surface area contributed by atoms with Crippen LogP contribution in [0.25, 0.3) is 0 Å². The molecule has 0 aliphatic rings. The number of carbonyl (C=O) groups is 1. The fourth-order valence-electron chi connectivity index (χ4n) is 1.88. The lowest BCUT2D eigenvalue weighted by Gasteiger charge is -2.10. The topological polar surface area (TPSA) is 61.3 Å². The van der Waals surface area contributed by atoms with Crippen molar-refractivity contribution in [3.8, 4) is 11.8 Å². The average Bonchev–Trinajstić information content (AvgIpc) is 2.48. The molecular formula is C15H16N2O3. The second-order valence-electron chi connectivity index (χ2n) is 4.35. The second kappa shape index (κ2) is 5.69. The smallest absolute Gasteiger partial charge is 0.247 e. The Bertz CT molecular complexity index is 654. The molecule has 1 aromatic heterocycles. The summed E-state index contributed by atoms with van der Waals surface area (Å²) in [5.41, 5.74) is 2.76. The second-order valence-corrected chi connectivity index (χ2v) is 4.35. The number of hydrogen-bond donors (Lipinski definition) is 0. The van der Waals surface area contributed by atoms with Crippen molar-refractivity contribution in [1.29, 1.82) is 0 Å². The van der Waals surface area contributed by atoms with E-state index >= 15 is 0 Å². The molecule has 1 aromatic carbocycles. The van der Waals surface area contributed by atoms with Gasteiger partial charge in [0.1, 0.15) is 0 Å². The van der Waals surface area contributed by atoms with E-state index in [0.717, 1.165) is 11.1 Å². The molecule has 0 saturated carbocycles. The highest BCUT2D eigenvalue weighted by molar-refractivity contribution is 6.10. The third-order valence-corrected chi connectivity index (χ3v) is 3.19. The van der Waals surface area contributed by atoms with Crippen LogP contribution in [0.2, 0.25) is 0 Å². The number of ether oxygens (including phenoxy) is 2. The van der Waals surface area contributed by atoms with Crippen LogP contribution in [0.3, 0.4) is 0 Å². The first-order valence-corrected chi connectivity index (χ1v) is 6.14. The van der Waals surface area contributed by atoms with Crippen molar-refractivity contribution in [2.75, 3.05) is 14.2 Å². The number of hydrogen-bond acceptors (Lipinski definition) is 5. The first-order chi connectivity index (χ1) is 9.58. The van der Waals surface area contributed by atoms with Crippen LogP contribution in [0.4, 0.5) is 0 Å². The van der Waals surface area contributed by atoms with Crippen molar-refractivity contribution in [2.45, 2.75) is 13.8 Å². The Labute approximate surface area is 117 Å². The molecule has 2 rings (SSSR count). The van der Waals surface area contributed by atoms with E-state index in [2.05, 4.69) is 9.97 Å². The number of methoxy groups -OCH3 is 2. The van der Waals surface area contributed by atoms with Gasteiger partial charge in [0.25, 0.3) is 0 Å². The highest BCUT2D eigenvalue weighted by Gasteiger charge is 2.20. The van der Waals surface area contributed by atoms with E-state index in [1.165, 1.54) is 20.4 Å². The van der Waals surface area contributed by atoms with Crippen LogP contribution in [0, 0.1) is 13.8 Å². The van der Waals surface area contributed by atoms with Crippen LogP contribution in [-0.4, -0.2) is 30.0 Å². The number of ketones is 1. The van der Waals surface area contributed by atoms with Gasteiger partial charge in [-0.1, -0.05) is 18.2 Å². The molecule has 104 valence electrons. The molecule has 5 heteroatoms. The number of carbonyl (C=O) groups excluding carboxylic acids is 1. The lowest BCUT2D eigenvalue weighted by atomic mass is 9.99. The highest BCUT2D eigenvalue weighted by atomic mass is 16.5. The van der Waals surface area contributed by atoms with Crippen molar-refractivity contribution in [3.63, 3.8) is 0 Å². The molecule has 0 radical (unpaired) electrons. The Hall–Kier alpha value is -2.43. The summed E-state index contributed by atoms with van der Waals surface area (Å²) >= 11 is 0. The molecule has 5 nitrogen and oxygen atoms in total. The van der Waals surface area contributed by atoms with E-state index in [9.17, 15) is 4.79 Å². The van der Waals surface area contributed by atoms with Crippen LogP contribution >= 0.6 is 0 Å². The van der Waals surface area contributed by atoms with Gasteiger partial charge >= 0.3 is 0 Å². The first kappa shape index (κ1) is 14.0. The molecule has 0 amide bonds. The molecule has 1 heterocycles. The molecular weight excluding hydrogens is 256 g/mol. The number of rotatable bonds is 4. The minimum Gasteiger partial charge on any atom is -0.480 e. The van der Waals surface area contributed by atoms with E-state index in [1.54, 1.807) is 6.07 Å². The largest absolute Gasteiger partial charge is 0.480 e. The van der Waals surface area contributed by atoms with Gasteiger partial charge in [-0.15, -0.1) is 0 Å². The first-order valence-electron chi connectivity index (χ1n) is 6.14. The van der Waals surface area contributed by atoms with E-state index in [4.69, 9.17) is 9.47 Å². The maximum Gasteiger partial charge on any atom is 0.247 e. The summed E-state index contributed by atoms with van der Waals surface area (Å²) in [6.45, 7) is 3.87. The predicted molar refractivity (Wildman–Crippen MR) is 74.5 cm³/mol. The van der Waals surface area contributed by atoms with Gasteiger partial charge in [-0.05, 0) is 25.0 Å². The summed E-state index contributed by atoms with van der Waals surface area (Å²) in [4.78, 5) is 20.8. The molecule has 2 aromatic rings. The zero-order valence-corrected chi connectivity index (χ0v) is 11.9.